The number of hydrogen-bond donors (Lipinski definition) is 1. The highest BCUT2D eigenvalue weighted by atomic mass is 35.5. The van der Waals surface area contributed by atoms with Crippen LogP contribution in [0.15, 0.2) is 40.4 Å². The number of rotatable bonds is 8. The third kappa shape index (κ3) is 5.64. The number of nitrogens with zero attached hydrogens (tertiary/aromatic N) is 7. The second-order valence-corrected chi connectivity index (χ2v) is 8.88. The number of hydrogen-bond acceptors (Lipinski definition) is 6. The Morgan fingerprint density at radius 2 is 2.15 bits per heavy atom. The molecule has 0 spiro atoms. The van der Waals surface area contributed by atoms with Gasteiger partial charge in [0.25, 0.3) is 5.95 Å². The minimum Gasteiger partial charge on any atom is -0.387 e. The van der Waals surface area contributed by atoms with Gasteiger partial charge in [0.2, 0.25) is 0 Å². The van der Waals surface area contributed by atoms with E-state index < -0.39 is 0 Å². The van der Waals surface area contributed by atoms with Gasteiger partial charge in [-0.3, -0.25) is 9.67 Å². The molecule has 1 aliphatic carbocycles. The summed E-state index contributed by atoms with van der Waals surface area (Å²) in [6, 6.07) is 7.91. The highest BCUT2D eigenvalue weighted by molar-refractivity contribution is 6.30. The summed E-state index contributed by atoms with van der Waals surface area (Å²) >= 11 is 6.20. The van der Waals surface area contributed by atoms with E-state index >= 15 is 0 Å². The summed E-state index contributed by atoms with van der Waals surface area (Å²) in [5.41, 5.74) is 12.5. The number of nitrogens with two attached hydrogens (primary N) is 1. The third-order valence-corrected chi connectivity index (χ3v) is 5.80. The zero-order valence-corrected chi connectivity index (χ0v) is 20.0. The van der Waals surface area contributed by atoms with Crippen molar-refractivity contribution in [2.24, 2.45) is 22.8 Å². The summed E-state index contributed by atoms with van der Waals surface area (Å²) in [5.74, 6) is 0.795. The third-order valence-electron chi connectivity index (χ3n) is 5.57. The first-order chi connectivity index (χ1) is 15.9. The Hall–Kier alpha value is -3.10. The van der Waals surface area contributed by atoms with Crippen molar-refractivity contribution in [2.75, 3.05) is 27.2 Å². The van der Waals surface area contributed by atoms with Crippen LogP contribution in [0.25, 0.3) is 11.3 Å². The van der Waals surface area contributed by atoms with Crippen LogP contribution >= 0.6 is 11.6 Å². The molecule has 0 saturated carbocycles. The summed E-state index contributed by atoms with van der Waals surface area (Å²) in [4.78, 5) is 20.1. The lowest BCUT2D eigenvalue weighted by Gasteiger charge is -2.16. The molecule has 4 rings (SSSR count). The number of benzene rings is 1. The molecule has 2 N–H and O–H groups in total. The summed E-state index contributed by atoms with van der Waals surface area (Å²) in [6.45, 7) is 1.63. The van der Waals surface area contributed by atoms with Crippen molar-refractivity contribution in [3.8, 4) is 11.3 Å². The van der Waals surface area contributed by atoms with Crippen molar-refractivity contribution in [3.05, 3.63) is 58.0 Å². The second kappa shape index (κ2) is 10.2. The van der Waals surface area contributed by atoms with E-state index in [4.69, 9.17) is 27.4 Å². The van der Waals surface area contributed by atoms with E-state index in [1.54, 1.807) is 6.21 Å². The number of halogens is 1. The van der Waals surface area contributed by atoms with E-state index in [0.717, 1.165) is 64.7 Å². The molecule has 1 aliphatic rings. The normalized spacial score (nSPS) is 13.5. The maximum absolute atomic E-state index is 6.20. The van der Waals surface area contributed by atoms with Crippen molar-refractivity contribution in [1.82, 2.24) is 24.6 Å². The molecule has 2 heterocycles. The van der Waals surface area contributed by atoms with Gasteiger partial charge in [-0.15, -0.1) is 0 Å². The fraction of sp³-hybridized carbons (Fsp3) is 0.375. The maximum Gasteiger partial charge on any atom is 0.251 e. The van der Waals surface area contributed by atoms with Gasteiger partial charge in [-0.2, -0.15) is 10.1 Å². The lowest BCUT2D eigenvalue weighted by Crippen LogP contribution is -2.16. The highest BCUT2D eigenvalue weighted by Gasteiger charge is 2.26. The van der Waals surface area contributed by atoms with Crippen LogP contribution in [-0.4, -0.2) is 63.9 Å². The zero-order valence-electron chi connectivity index (χ0n) is 19.3. The number of aryl methyl sites for hydroxylation is 3. The lowest BCUT2D eigenvalue weighted by molar-refractivity contribution is 0.421. The standard InChI is InChI=1S/C24H29ClN8/c1-32(2)12-11-27-10-9-21(26)29-24-28-15-17-7-8-19-22(23(17)30-24)20(33(3)31-19)14-16-5-4-6-18(25)13-16/h4-6,10,13,15H,7-9,11-12,14H2,1-3H3,(H2,26,28,29,30). The quantitative estimate of drug-likeness (QED) is 0.407. The molecular weight excluding hydrogens is 436 g/mol. The first kappa shape index (κ1) is 23.1. The van der Waals surface area contributed by atoms with Crippen LogP contribution < -0.4 is 5.73 Å². The van der Waals surface area contributed by atoms with Crippen LogP contribution in [0.2, 0.25) is 5.02 Å². The molecule has 0 atom stereocenters. The SMILES string of the molecule is CN(C)CCN=CCC(N)=Nc1ncc2c(n1)-c1c(nn(C)c1Cc1cccc(Cl)c1)CC2. The molecule has 0 aliphatic heterocycles. The number of aromatic nitrogens is 4. The molecule has 0 radical (unpaired) electrons. The minimum atomic E-state index is 0.360. The van der Waals surface area contributed by atoms with E-state index in [0.29, 0.717) is 24.6 Å². The summed E-state index contributed by atoms with van der Waals surface area (Å²) in [7, 11) is 6.02. The Labute approximate surface area is 199 Å². The summed E-state index contributed by atoms with van der Waals surface area (Å²) in [5, 5.41) is 5.50. The van der Waals surface area contributed by atoms with Gasteiger partial charge in [0.05, 0.1) is 23.6 Å². The fourth-order valence-corrected chi connectivity index (χ4v) is 4.11. The summed E-state index contributed by atoms with van der Waals surface area (Å²) < 4.78 is 1.95. The van der Waals surface area contributed by atoms with Gasteiger partial charge < -0.3 is 10.6 Å². The molecule has 1 aromatic carbocycles. The predicted octanol–water partition coefficient (Wildman–Crippen LogP) is 3.23. The van der Waals surface area contributed by atoms with Gasteiger partial charge in [0, 0.05) is 49.4 Å². The molecule has 0 amide bonds. The number of aliphatic imine (C=N–C) groups is 2. The Kier molecular flexibility index (Phi) is 7.15. The Bertz CT molecular complexity index is 1200. The van der Waals surface area contributed by atoms with Crippen LogP contribution in [0.5, 0.6) is 0 Å². The smallest absolute Gasteiger partial charge is 0.251 e. The van der Waals surface area contributed by atoms with Crippen LogP contribution in [0.3, 0.4) is 0 Å². The van der Waals surface area contributed by atoms with Crippen LogP contribution in [-0.2, 0) is 26.3 Å². The Balaban J connectivity index is 1.59. The molecule has 0 fully saturated rings. The molecule has 0 saturated heterocycles. The van der Waals surface area contributed by atoms with Gasteiger partial charge in [-0.1, -0.05) is 23.7 Å². The molecule has 0 unspecified atom stereocenters. The first-order valence-corrected chi connectivity index (χ1v) is 11.4. The molecule has 3 aromatic rings. The van der Waals surface area contributed by atoms with Crippen LogP contribution in [0.4, 0.5) is 5.95 Å². The molecule has 172 valence electrons. The van der Waals surface area contributed by atoms with Crippen LogP contribution in [0, 0.1) is 0 Å². The second-order valence-electron chi connectivity index (χ2n) is 8.44. The maximum atomic E-state index is 6.20. The average Bonchev–Trinajstić information content (AvgIpc) is 3.08. The molecule has 0 bridgehead atoms. The largest absolute Gasteiger partial charge is 0.387 e. The predicted molar refractivity (Wildman–Crippen MR) is 134 cm³/mol. The van der Waals surface area contributed by atoms with Crippen molar-refractivity contribution in [1.29, 1.82) is 0 Å². The van der Waals surface area contributed by atoms with E-state index in [2.05, 4.69) is 25.9 Å². The summed E-state index contributed by atoms with van der Waals surface area (Å²) in [6.07, 6.45) is 6.55. The fourth-order valence-electron chi connectivity index (χ4n) is 3.90. The van der Waals surface area contributed by atoms with Crippen molar-refractivity contribution in [3.63, 3.8) is 0 Å². The molecule has 8 nitrogen and oxygen atoms in total. The monoisotopic (exact) mass is 464 g/mol. The highest BCUT2D eigenvalue weighted by Crippen LogP contribution is 2.36. The molecule has 2 aromatic heterocycles. The van der Waals surface area contributed by atoms with Crippen molar-refractivity contribution < 1.29 is 0 Å². The van der Waals surface area contributed by atoms with Crippen LogP contribution in [0.1, 0.15) is 28.9 Å². The zero-order chi connectivity index (χ0) is 23.4. The first-order valence-electron chi connectivity index (χ1n) is 11.0. The van der Waals surface area contributed by atoms with E-state index in [1.165, 1.54) is 0 Å². The molecule has 9 heteroatoms. The van der Waals surface area contributed by atoms with Crippen molar-refractivity contribution in [2.45, 2.75) is 25.7 Å². The molecular formula is C24H29ClN8. The Morgan fingerprint density at radius 1 is 1.30 bits per heavy atom. The lowest BCUT2D eigenvalue weighted by atomic mass is 9.91. The average molecular weight is 465 g/mol. The van der Waals surface area contributed by atoms with E-state index in [-0.39, 0.29) is 0 Å². The van der Waals surface area contributed by atoms with Gasteiger partial charge in [0.15, 0.2) is 0 Å². The van der Waals surface area contributed by atoms with Crippen molar-refractivity contribution >= 4 is 29.6 Å². The topological polar surface area (TPSA) is 97.6 Å². The molecule has 33 heavy (non-hydrogen) atoms. The Morgan fingerprint density at radius 3 is 2.94 bits per heavy atom. The van der Waals surface area contributed by atoms with Gasteiger partial charge in [0.1, 0.15) is 5.84 Å². The van der Waals surface area contributed by atoms with E-state index in [9.17, 15) is 0 Å². The van der Waals surface area contributed by atoms with Gasteiger partial charge in [-0.25, -0.2) is 9.97 Å². The number of amidine groups is 1. The van der Waals surface area contributed by atoms with Gasteiger partial charge >= 0.3 is 0 Å². The van der Waals surface area contributed by atoms with Gasteiger partial charge in [-0.05, 0) is 50.2 Å². The minimum absolute atomic E-state index is 0.360. The number of fused-ring (bicyclic) bond motifs is 3. The van der Waals surface area contributed by atoms with E-state index in [1.807, 2.05) is 50.2 Å². The number of likely N-dealkylation sites (N-methyl/N-ethyl adjacent to an activating group) is 1.